The van der Waals surface area contributed by atoms with Crippen LogP contribution in [0.1, 0.15) is 13.8 Å². The van der Waals surface area contributed by atoms with Crippen molar-refractivity contribution in [2.24, 2.45) is 28.2 Å². The van der Waals surface area contributed by atoms with Gasteiger partial charge in [0.2, 0.25) is 0 Å². The van der Waals surface area contributed by atoms with Crippen LogP contribution in [0.4, 0.5) is 11.4 Å². The average Bonchev–Trinajstić information content (AvgIpc) is 3.32. The molecule has 0 spiro atoms. The number of imidazole rings is 2. The number of fused-ring (bicyclic) bond motifs is 3. The van der Waals surface area contributed by atoms with Crippen molar-refractivity contribution in [2.45, 2.75) is 35.7 Å². The lowest BCUT2D eigenvalue weighted by Crippen LogP contribution is -2.57. The first-order valence-corrected chi connectivity index (χ1v) is 16.1. The third-order valence-electron chi connectivity index (χ3n) is 8.40. The van der Waals surface area contributed by atoms with Crippen molar-refractivity contribution >= 4 is 53.5 Å². The van der Waals surface area contributed by atoms with Crippen LogP contribution in [0.2, 0.25) is 0 Å². The zero-order chi connectivity index (χ0) is 30.5. The van der Waals surface area contributed by atoms with Gasteiger partial charge in [0.05, 0.1) is 55.3 Å². The largest absolute Gasteiger partial charge is 0.328 e. The van der Waals surface area contributed by atoms with Crippen LogP contribution in [-0.2, 0) is 48.2 Å². The molecule has 1 aliphatic heterocycles. The topological polar surface area (TPSA) is 129 Å². The molecule has 0 N–H and O–H groups in total. The summed E-state index contributed by atoms with van der Waals surface area (Å²) in [4.78, 5) is 24.9. The van der Waals surface area contributed by atoms with E-state index < -0.39 is 32.1 Å². The van der Waals surface area contributed by atoms with Gasteiger partial charge < -0.3 is 0 Å². The Morgan fingerprint density at radius 2 is 0.857 bits per heavy atom. The highest BCUT2D eigenvalue weighted by Crippen LogP contribution is 2.44. The van der Waals surface area contributed by atoms with E-state index in [1.165, 1.54) is 51.1 Å². The molecular formula is C28H30N6O6S2. The second-order valence-electron chi connectivity index (χ2n) is 10.7. The van der Waals surface area contributed by atoms with Gasteiger partial charge in [0.15, 0.2) is 0 Å². The summed E-state index contributed by atoms with van der Waals surface area (Å²) < 4.78 is 65.1. The summed E-state index contributed by atoms with van der Waals surface area (Å²) in [5.74, 6) is 0. The molecule has 2 atom stereocenters. The average molecular weight is 611 g/mol. The van der Waals surface area contributed by atoms with Crippen LogP contribution in [0.5, 0.6) is 0 Å². The van der Waals surface area contributed by atoms with Gasteiger partial charge in [-0.25, -0.2) is 26.4 Å². The Labute approximate surface area is 242 Å². The number of nitrogens with zero attached hydrogens (tertiary/aromatic N) is 6. The fourth-order valence-electron chi connectivity index (χ4n) is 5.89. The molecule has 1 aliphatic rings. The van der Waals surface area contributed by atoms with Crippen LogP contribution < -0.4 is 20.0 Å². The molecule has 0 bridgehead atoms. The molecule has 0 amide bonds. The summed E-state index contributed by atoms with van der Waals surface area (Å²) in [5, 5.41) is 0. The van der Waals surface area contributed by atoms with Crippen molar-refractivity contribution in [3.8, 4) is 0 Å². The summed E-state index contributed by atoms with van der Waals surface area (Å²) in [6.45, 7) is 3.34. The molecular weight excluding hydrogens is 580 g/mol. The third kappa shape index (κ3) is 3.64. The van der Waals surface area contributed by atoms with Crippen LogP contribution in [0, 0.1) is 0 Å². The first kappa shape index (κ1) is 27.8. The summed E-state index contributed by atoms with van der Waals surface area (Å²) in [7, 11) is -1.99. The molecule has 12 nitrogen and oxygen atoms in total. The minimum absolute atomic E-state index is 0.0168. The smallest absolute Gasteiger partial charge is 0.295 e. The molecule has 3 heterocycles. The van der Waals surface area contributed by atoms with Crippen molar-refractivity contribution in [3.63, 3.8) is 0 Å². The molecule has 3 aromatic carbocycles. The van der Waals surface area contributed by atoms with Crippen LogP contribution in [0.15, 0.2) is 80.0 Å². The van der Waals surface area contributed by atoms with E-state index in [0.717, 1.165) is 0 Å². The quantitative estimate of drug-likeness (QED) is 0.307. The molecule has 0 saturated heterocycles. The Hall–Kier alpha value is -4.30. The fraction of sp³-hybridized carbons (Fsp3) is 0.286. The van der Waals surface area contributed by atoms with Crippen molar-refractivity contribution < 1.29 is 16.8 Å². The number of aromatic nitrogens is 4. The van der Waals surface area contributed by atoms with Crippen molar-refractivity contribution in [1.82, 2.24) is 18.3 Å². The van der Waals surface area contributed by atoms with Crippen LogP contribution in [0.3, 0.4) is 0 Å². The maximum atomic E-state index is 14.2. The van der Waals surface area contributed by atoms with Crippen LogP contribution in [0.25, 0.3) is 22.1 Å². The Morgan fingerprint density at radius 3 is 1.21 bits per heavy atom. The maximum absolute atomic E-state index is 14.2. The molecule has 5 aromatic rings. The van der Waals surface area contributed by atoms with Gasteiger partial charge in [0.25, 0.3) is 20.0 Å². The normalized spacial score (nSPS) is 17.8. The summed E-state index contributed by atoms with van der Waals surface area (Å²) >= 11 is 0. The number of rotatable bonds is 4. The first-order valence-electron chi connectivity index (χ1n) is 13.2. The molecule has 42 heavy (non-hydrogen) atoms. The van der Waals surface area contributed by atoms with Gasteiger partial charge in [0, 0.05) is 28.2 Å². The molecule has 2 unspecified atom stereocenters. The second kappa shape index (κ2) is 9.10. The molecule has 2 aromatic heterocycles. The number of benzene rings is 3. The monoisotopic (exact) mass is 610 g/mol. The fourth-order valence-corrected chi connectivity index (χ4v) is 9.40. The zero-order valence-electron chi connectivity index (χ0n) is 23.9. The van der Waals surface area contributed by atoms with Gasteiger partial charge in [-0.15, -0.1) is 0 Å². The van der Waals surface area contributed by atoms with E-state index in [2.05, 4.69) is 0 Å². The summed E-state index contributed by atoms with van der Waals surface area (Å²) in [6, 6.07) is 13.9. The zero-order valence-corrected chi connectivity index (χ0v) is 25.5. The minimum atomic E-state index is -4.19. The Morgan fingerprint density at radius 1 is 0.524 bits per heavy atom. The lowest BCUT2D eigenvalue weighted by atomic mass is 10.1. The number of hydrogen-bond acceptors (Lipinski definition) is 6. The highest BCUT2D eigenvalue weighted by Gasteiger charge is 2.45. The lowest BCUT2D eigenvalue weighted by molar-refractivity contribution is 0.528. The van der Waals surface area contributed by atoms with Crippen molar-refractivity contribution in [1.29, 1.82) is 0 Å². The van der Waals surface area contributed by atoms with Gasteiger partial charge >= 0.3 is 11.4 Å². The Balaban J connectivity index is 1.51. The minimum Gasteiger partial charge on any atom is -0.295 e. The highest BCUT2D eigenvalue weighted by molar-refractivity contribution is 7.93. The second-order valence-corrected chi connectivity index (χ2v) is 14.3. The third-order valence-corrected chi connectivity index (χ3v) is 12.2. The van der Waals surface area contributed by atoms with E-state index >= 15 is 0 Å². The van der Waals surface area contributed by atoms with Gasteiger partial charge in [-0.05, 0) is 62.4 Å². The maximum Gasteiger partial charge on any atom is 0.328 e. The summed E-state index contributed by atoms with van der Waals surface area (Å²) in [6.07, 6.45) is 0. The molecule has 6 rings (SSSR count). The lowest BCUT2D eigenvalue weighted by Gasteiger charge is -2.46. The highest BCUT2D eigenvalue weighted by atomic mass is 32.2. The first-order chi connectivity index (χ1) is 19.7. The molecule has 0 fully saturated rings. The molecule has 220 valence electrons. The van der Waals surface area contributed by atoms with Gasteiger partial charge in [-0.2, -0.15) is 0 Å². The molecule has 14 heteroatoms. The van der Waals surface area contributed by atoms with E-state index in [4.69, 9.17) is 0 Å². The van der Waals surface area contributed by atoms with Crippen molar-refractivity contribution in [3.05, 3.63) is 81.6 Å². The number of aryl methyl sites for hydroxylation is 4. The molecule has 0 saturated carbocycles. The molecule has 0 aliphatic carbocycles. The SMILES string of the molecule is CC1C(C)N(S(=O)(=O)c2ccc3c(c2)n(C)c(=O)n3C)c2ccccc2N1S(=O)(=O)c1ccc2c(c1)n(C)c(=O)n2C. The summed E-state index contributed by atoms with van der Waals surface area (Å²) in [5.41, 5.74) is 1.97. The van der Waals surface area contributed by atoms with Crippen LogP contribution >= 0.6 is 0 Å². The van der Waals surface area contributed by atoms with Gasteiger partial charge in [-0.3, -0.25) is 26.9 Å². The number of hydrogen-bond donors (Lipinski definition) is 0. The van der Waals surface area contributed by atoms with Gasteiger partial charge in [-0.1, -0.05) is 12.1 Å². The van der Waals surface area contributed by atoms with E-state index in [1.54, 1.807) is 78.4 Å². The predicted molar refractivity (Wildman–Crippen MR) is 161 cm³/mol. The van der Waals surface area contributed by atoms with E-state index in [9.17, 15) is 26.4 Å². The van der Waals surface area contributed by atoms with E-state index in [1.807, 2.05) is 0 Å². The predicted octanol–water partition coefficient (Wildman–Crippen LogP) is 2.25. The Kier molecular flexibility index (Phi) is 6.03. The Bertz CT molecular complexity index is 2120. The van der Waals surface area contributed by atoms with Gasteiger partial charge in [0.1, 0.15) is 0 Å². The number of sulfonamides is 2. The number of para-hydroxylation sites is 2. The number of anilines is 2. The standard InChI is InChI=1S/C28H30N6O6S2/c1-17-18(2)34(42(39,40)20-12-14-22-26(16-20)32(6)28(36)30(22)4)24-10-8-7-9-23(24)33(17)41(37,38)19-11-13-21-25(15-19)31(5)27(35)29(21)3/h7-18H,1-6H3. The van der Waals surface area contributed by atoms with Crippen LogP contribution in [-0.4, -0.2) is 47.2 Å². The van der Waals surface area contributed by atoms with E-state index in [0.29, 0.717) is 22.1 Å². The van der Waals surface area contributed by atoms with E-state index in [-0.39, 0.29) is 32.5 Å². The van der Waals surface area contributed by atoms with Crippen molar-refractivity contribution in [2.75, 3.05) is 8.61 Å². The molecule has 0 radical (unpaired) electrons.